The van der Waals surface area contributed by atoms with Crippen molar-refractivity contribution in [1.82, 2.24) is 10.3 Å². The summed E-state index contributed by atoms with van der Waals surface area (Å²) in [6, 6.07) is 3.83. The summed E-state index contributed by atoms with van der Waals surface area (Å²) >= 11 is 0. The zero-order valence-electron chi connectivity index (χ0n) is 14.5. The number of carbonyl (C=O) groups excluding carboxylic acids is 1. The lowest BCUT2D eigenvalue weighted by Crippen LogP contribution is -2.51. The fourth-order valence-corrected chi connectivity index (χ4v) is 2.79. The van der Waals surface area contributed by atoms with Gasteiger partial charge in [0.05, 0.1) is 11.9 Å². The Balaban J connectivity index is 0.00000264. The Kier molecular flexibility index (Phi) is 10.2. The summed E-state index contributed by atoms with van der Waals surface area (Å²) in [4.78, 5) is 19.1. The van der Waals surface area contributed by atoms with Crippen molar-refractivity contribution in [2.24, 2.45) is 0 Å². The largest absolute Gasteiger partial charge is 0.368 e. The van der Waals surface area contributed by atoms with E-state index in [4.69, 9.17) is 4.74 Å². The average molecular weight is 379 g/mol. The molecule has 2 N–H and O–H groups in total. The minimum absolute atomic E-state index is 0. The van der Waals surface area contributed by atoms with Gasteiger partial charge in [-0.25, -0.2) is 4.98 Å². The molecule has 0 bridgehead atoms. The van der Waals surface area contributed by atoms with E-state index in [0.29, 0.717) is 18.5 Å². The SMILES string of the molecule is CCN(CC)c1ccc(NC(=O)C2(OC)CCNCC2)cn1.Cl.Cl. The maximum atomic E-state index is 12.5. The van der Waals surface area contributed by atoms with Gasteiger partial charge in [-0.2, -0.15) is 0 Å². The van der Waals surface area contributed by atoms with Crippen LogP contribution in [0.5, 0.6) is 0 Å². The first-order valence-corrected chi connectivity index (χ1v) is 7.93. The molecule has 1 fully saturated rings. The molecule has 1 aromatic rings. The molecule has 138 valence electrons. The minimum atomic E-state index is -0.733. The summed E-state index contributed by atoms with van der Waals surface area (Å²) < 4.78 is 5.53. The van der Waals surface area contributed by atoms with Crippen LogP contribution in [0.2, 0.25) is 0 Å². The van der Waals surface area contributed by atoms with Crippen LogP contribution in [0.25, 0.3) is 0 Å². The van der Waals surface area contributed by atoms with Gasteiger partial charge in [-0.15, -0.1) is 24.8 Å². The molecule has 2 heterocycles. The van der Waals surface area contributed by atoms with Gasteiger partial charge >= 0.3 is 0 Å². The quantitative estimate of drug-likeness (QED) is 0.795. The van der Waals surface area contributed by atoms with E-state index < -0.39 is 5.60 Å². The predicted molar refractivity (Wildman–Crippen MR) is 103 cm³/mol. The Morgan fingerprint density at radius 2 is 1.92 bits per heavy atom. The smallest absolute Gasteiger partial charge is 0.256 e. The molecule has 0 spiro atoms. The molecule has 0 atom stereocenters. The van der Waals surface area contributed by atoms with Crippen molar-refractivity contribution in [1.29, 1.82) is 0 Å². The van der Waals surface area contributed by atoms with Gasteiger partial charge in [0.25, 0.3) is 5.91 Å². The number of amides is 1. The first kappa shape index (κ1) is 22.9. The monoisotopic (exact) mass is 378 g/mol. The van der Waals surface area contributed by atoms with E-state index in [1.807, 2.05) is 12.1 Å². The number of pyridine rings is 1. The van der Waals surface area contributed by atoms with Crippen molar-refractivity contribution in [3.05, 3.63) is 18.3 Å². The van der Waals surface area contributed by atoms with Gasteiger partial charge < -0.3 is 20.3 Å². The summed E-state index contributed by atoms with van der Waals surface area (Å²) in [5.41, 5.74) is -0.0288. The van der Waals surface area contributed by atoms with Gasteiger partial charge in [-0.1, -0.05) is 0 Å². The molecule has 1 amide bonds. The third-order valence-electron chi connectivity index (χ3n) is 4.31. The van der Waals surface area contributed by atoms with Crippen molar-refractivity contribution in [2.75, 3.05) is 43.5 Å². The summed E-state index contributed by atoms with van der Waals surface area (Å²) in [6.07, 6.45) is 3.07. The average Bonchev–Trinajstić information content (AvgIpc) is 2.58. The summed E-state index contributed by atoms with van der Waals surface area (Å²) in [7, 11) is 1.60. The second-order valence-electron chi connectivity index (χ2n) is 5.48. The van der Waals surface area contributed by atoms with Gasteiger partial charge in [0.1, 0.15) is 11.4 Å². The van der Waals surface area contributed by atoms with Crippen LogP contribution in [0.3, 0.4) is 0 Å². The lowest BCUT2D eigenvalue weighted by molar-refractivity contribution is -0.140. The third kappa shape index (κ3) is 5.21. The molecular weight excluding hydrogens is 351 g/mol. The summed E-state index contributed by atoms with van der Waals surface area (Å²) in [6.45, 7) is 7.60. The van der Waals surface area contributed by atoms with Crippen LogP contribution >= 0.6 is 24.8 Å². The van der Waals surface area contributed by atoms with Crippen LogP contribution in [-0.4, -0.2) is 49.8 Å². The molecule has 1 aromatic heterocycles. The molecular formula is C16H28Cl2N4O2. The lowest BCUT2D eigenvalue weighted by Gasteiger charge is -2.34. The van der Waals surface area contributed by atoms with Crippen LogP contribution in [0.1, 0.15) is 26.7 Å². The summed E-state index contributed by atoms with van der Waals surface area (Å²) in [5, 5.41) is 6.18. The summed E-state index contributed by atoms with van der Waals surface area (Å²) in [5.74, 6) is 0.834. The van der Waals surface area contributed by atoms with Crippen LogP contribution in [0.15, 0.2) is 18.3 Å². The molecule has 1 aliphatic heterocycles. The van der Waals surface area contributed by atoms with E-state index in [9.17, 15) is 4.79 Å². The molecule has 0 unspecified atom stereocenters. The Morgan fingerprint density at radius 3 is 2.38 bits per heavy atom. The topological polar surface area (TPSA) is 66.5 Å². The Morgan fingerprint density at radius 1 is 1.29 bits per heavy atom. The number of anilines is 2. The number of nitrogens with one attached hydrogen (secondary N) is 2. The van der Waals surface area contributed by atoms with E-state index in [-0.39, 0.29) is 30.7 Å². The van der Waals surface area contributed by atoms with Crippen molar-refractivity contribution in [2.45, 2.75) is 32.3 Å². The molecule has 8 heteroatoms. The van der Waals surface area contributed by atoms with Crippen molar-refractivity contribution >= 4 is 42.2 Å². The highest BCUT2D eigenvalue weighted by molar-refractivity contribution is 5.97. The van der Waals surface area contributed by atoms with E-state index in [2.05, 4.69) is 34.4 Å². The van der Waals surface area contributed by atoms with Gasteiger partial charge in [0.15, 0.2) is 0 Å². The minimum Gasteiger partial charge on any atom is -0.368 e. The highest BCUT2D eigenvalue weighted by Gasteiger charge is 2.39. The van der Waals surface area contributed by atoms with Crippen LogP contribution in [-0.2, 0) is 9.53 Å². The molecule has 0 aliphatic carbocycles. The van der Waals surface area contributed by atoms with Gasteiger partial charge in [0.2, 0.25) is 0 Å². The van der Waals surface area contributed by atoms with E-state index in [1.54, 1.807) is 13.3 Å². The molecule has 0 aromatic carbocycles. The normalized spacial score (nSPS) is 15.6. The molecule has 0 saturated carbocycles. The van der Waals surface area contributed by atoms with E-state index in [1.165, 1.54) is 0 Å². The Bertz CT molecular complexity index is 489. The number of hydrogen-bond donors (Lipinski definition) is 2. The second-order valence-corrected chi connectivity index (χ2v) is 5.48. The molecule has 0 radical (unpaired) electrons. The molecule has 6 nitrogen and oxygen atoms in total. The van der Waals surface area contributed by atoms with Crippen molar-refractivity contribution < 1.29 is 9.53 Å². The third-order valence-corrected chi connectivity index (χ3v) is 4.31. The number of ether oxygens (including phenoxy) is 1. The Hall–Kier alpha value is -1.08. The number of nitrogens with zero attached hydrogens (tertiary/aromatic N) is 2. The van der Waals surface area contributed by atoms with E-state index in [0.717, 1.165) is 32.0 Å². The lowest BCUT2D eigenvalue weighted by atomic mass is 9.91. The first-order chi connectivity index (χ1) is 10.6. The number of piperidine rings is 1. The maximum Gasteiger partial charge on any atom is 0.256 e. The Labute approximate surface area is 156 Å². The molecule has 1 saturated heterocycles. The number of aromatic nitrogens is 1. The zero-order valence-corrected chi connectivity index (χ0v) is 16.1. The predicted octanol–water partition coefficient (Wildman–Crippen LogP) is 2.48. The van der Waals surface area contributed by atoms with Crippen molar-refractivity contribution in [3.8, 4) is 0 Å². The van der Waals surface area contributed by atoms with Crippen molar-refractivity contribution in [3.63, 3.8) is 0 Å². The van der Waals surface area contributed by atoms with E-state index >= 15 is 0 Å². The fourth-order valence-electron chi connectivity index (χ4n) is 2.79. The number of halogens is 2. The van der Waals surface area contributed by atoms with Crippen LogP contribution in [0.4, 0.5) is 11.5 Å². The highest BCUT2D eigenvalue weighted by Crippen LogP contribution is 2.24. The number of carbonyl (C=O) groups is 1. The maximum absolute atomic E-state index is 12.5. The standard InChI is InChI=1S/C16H26N4O2.2ClH/c1-4-20(5-2)14-7-6-13(12-18-14)19-15(21)16(22-3)8-10-17-11-9-16;;/h6-7,12,17H,4-5,8-11H2,1-3H3,(H,19,21);2*1H. The van der Waals surface area contributed by atoms with Crippen LogP contribution in [0, 0.1) is 0 Å². The van der Waals surface area contributed by atoms with Gasteiger partial charge in [-0.3, -0.25) is 4.79 Å². The molecule has 24 heavy (non-hydrogen) atoms. The highest BCUT2D eigenvalue weighted by atomic mass is 35.5. The number of rotatable bonds is 6. The second kappa shape index (κ2) is 10.7. The fraction of sp³-hybridized carbons (Fsp3) is 0.625. The zero-order chi connectivity index (χ0) is 16.0. The van der Waals surface area contributed by atoms with Crippen LogP contribution < -0.4 is 15.5 Å². The van der Waals surface area contributed by atoms with Gasteiger partial charge in [-0.05, 0) is 51.9 Å². The van der Waals surface area contributed by atoms with Gasteiger partial charge in [0, 0.05) is 20.2 Å². The molecule has 2 rings (SSSR count). The first-order valence-electron chi connectivity index (χ1n) is 7.93. The number of methoxy groups -OCH3 is 1. The number of hydrogen-bond acceptors (Lipinski definition) is 5. The molecule has 1 aliphatic rings.